The van der Waals surface area contributed by atoms with Crippen LogP contribution in [0.4, 0.5) is 0 Å². The Labute approximate surface area is 122 Å². The van der Waals surface area contributed by atoms with Gasteiger partial charge in [-0.3, -0.25) is 0 Å². The van der Waals surface area contributed by atoms with Gasteiger partial charge in [-0.1, -0.05) is 19.3 Å². The van der Waals surface area contributed by atoms with Gasteiger partial charge in [0.15, 0.2) is 0 Å². The molecule has 4 heteroatoms. The van der Waals surface area contributed by atoms with E-state index in [0.29, 0.717) is 6.10 Å². The van der Waals surface area contributed by atoms with Crippen LogP contribution in [-0.2, 0) is 11.3 Å². The van der Waals surface area contributed by atoms with Crippen molar-refractivity contribution in [3.8, 4) is 0 Å². The van der Waals surface area contributed by atoms with E-state index in [4.69, 9.17) is 4.74 Å². The highest BCUT2D eigenvalue weighted by atomic mass is 79.9. The Hall–Kier alpha value is 0.1000. The van der Waals surface area contributed by atoms with Crippen LogP contribution in [0, 0.1) is 0 Å². The van der Waals surface area contributed by atoms with Crippen molar-refractivity contribution in [1.82, 2.24) is 5.32 Å². The second-order valence-electron chi connectivity index (χ2n) is 4.85. The van der Waals surface area contributed by atoms with Crippen LogP contribution in [0.3, 0.4) is 0 Å². The first-order valence-electron chi connectivity index (χ1n) is 6.90. The Bertz CT molecular complexity index is 336. The summed E-state index contributed by atoms with van der Waals surface area (Å²) in [6, 6.07) is 2.11. The second-order valence-corrected chi connectivity index (χ2v) is 6.71. The van der Waals surface area contributed by atoms with Crippen molar-refractivity contribution in [2.75, 3.05) is 13.2 Å². The average Bonchev–Trinajstić information content (AvgIpc) is 2.81. The molecule has 102 valence electrons. The van der Waals surface area contributed by atoms with Crippen LogP contribution in [0.1, 0.15) is 43.4 Å². The lowest BCUT2D eigenvalue weighted by Gasteiger charge is -2.21. The standard InChI is InChI=1S/C14H22BrNOS/c15-13-7-10-18-14(13)11-16-8-4-9-17-12-5-2-1-3-6-12/h7,10,12,16H,1-6,8-9,11H2. The highest BCUT2D eigenvalue weighted by Gasteiger charge is 2.12. The van der Waals surface area contributed by atoms with E-state index in [-0.39, 0.29) is 0 Å². The molecule has 0 aliphatic heterocycles. The predicted molar refractivity (Wildman–Crippen MR) is 81.2 cm³/mol. The maximum absolute atomic E-state index is 5.90. The maximum Gasteiger partial charge on any atom is 0.0575 e. The first kappa shape index (κ1) is 14.5. The summed E-state index contributed by atoms with van der Waals surface area (Å²) < 4.78 is 7.12. The van der Waals surface area contributed by atoms with Crippen molar-refractivity contribution in [2.45, 2.75) is 51.2 Å². The lowest BCUT2D eigenvalue weighted by atomic mass is 9.98. The van der Waals surface area contributed by atoms with Crippen LogP contribution >= 0.6 is 27.3 Å². The summed E-state index contributed by atoms with van der Waals surface area (Å²) in [4.78, 5) is 1.38. The molecule has 1 aliphatic rings. The van der Waals surface area contributed by atoms with Crippen LogP contribution in [0.2, 0.25) is 0 Å². The van der Waals surface area contributed by atoms with Gasteiger partial charge in [-0.2, -0.15) is 0 Å². The van der Waals surface area contributed by atoms with Crippen LogP contribution in [0.5, 0.6) is 0 Å². The van der Waals surface area contributed by atoms with Crippen molar-refractivity contribution in [3.05, 3.63) is 20.8 Å². The fraction of sp³-hybridized carbons (Fsp3) is 0.714. The Kier molecular flexibility index (Phi) is 6.70. The molecule has 1 fully saturated rings. The van der Waals surface area contributed by atoms with Crippen molar-refractivity contribution in [3.63, 3.8) is 0 Å². The first-order chi connectivity index (χ1) is 8.86. The topological polar surface area (TPSA) is 21.3 Å². The molecule has 0 aromatic carbocycles. The van der Waals surface area contributed by atoms with Gasteiger partial charge in [0.25, 0.3) is 0 Å². The van der Waals surface area contributed by atoms with E-state index in [0.717, 1.165) is 26.1 Å². The Morgan fingerprint density at radius 1 is 1.33 bits per heavy atom. The average molecular weight is 332 g/mol. The molecule has 0 unspecified atom stereocenters. The summed E-state index contributed by atoms with van der Waals surface area (Å²) in [6.45, 7) is 2.90. The van der Waals surface area contributed by atoms with Gasteiger partial charge in [0.2, 0.25) is 0 Å². The van der Waals surface area contributed by atoms with E-state index in [1.165, 1.54) is 41.5 Å². The molecule has 0 amide bonds. The zero-order valence-electron chi connectivity index (χ0n) is 10.8. The fourth-order valence-corrected chi connectivity index (χ4v) is 3.79. The minimum absolute atomic E-state index is 0.546. The molecule has 2 rings (SSSR count). The van der Waals surface area contributed by atoms with Crippen molar-refractivity contribution < 1.29 is 4.74 Å². The minimum Gasteiger partial charge on any atom is -0.378 e. The molecule has 1 N–H and O–H groups in total. The lowest BCUT2D eigenvalue weighted by molar-refractivity contribution is 0.0273. The molecule has 1 aromatic rings. The number of rotatable bonds is 7. The summed E-state index contributed by atoms with van der Waals surface area (Å²) in [5, 5.41) is 5.59. The summed E-state index contributed by atoms with van der Waals surface area (Å²) >= 11 is 5.34. The third kappa shape index (κ3) is 5.00. The number of ether oxygens (including phenoxy) is 1. The monoisotopic (exact) mass is 331 g/mol. The molecule has 0 spiro atoms. The van der Waals surface area contributed by atoms with Gasteiger partial charge in [0, 0.05) is 22.5 Å². The van der Waals surface area contributed by atoms with E-state index in [1.54, 1.807) is 11.3 Å². The van der Waals surface area contributed by atoms with Gasteiger partial charge in [0.05, 0.1) is 6.10 Å². The minimum atomic E-state index is 0.546. The predicted octanol–water partition coefficient (Wildman–Crippen LogP) is 4.34. The van der Waals surface area contributed by atoms with Crippen molar-refractivity contribution in [1.29, 1.82) is 0 Å². The highest BCUT2D eigenvalue weighted by molar-refractivity contribution is 9.10. The van der Waals surface area contributed by atoms with Crippen molar-refractivity contribution >= 4 is 27.3 Å². The van der Waals surface area contributed by atoms with Crippen LogP contribution in [0.15, 0.2) is 15.9 Å². The van der Waals surface area contributed by atoms with E-state index < -0.39 is 0 Å². The zero-order chi connectivity index (χ0) is 12.6. The quantitative estimate of drug-likeness (QED) is 0.750. The Morgan fingerprint density at radius 2 is 2.17 bits per heavy atom. The molecular formula is C14H22BrNOS. The van der Waals surface area contributed by atoms with E-state index in [2.05, 4.69) is 32.7 Å². The number of halogens is 1. The van der Waals surface area contributed by atoms with Crippen LogP contribution < -0.4 is 5.32 Å². The number of hydrogen-bond acceptors (Lipinski definition) is 3. The molecule has 1 aromatic heterocycles. The number of thiophene rings is 1. The molecule has 0 atom stereocenters. The molecular weight excluding hydrogens is 310 g/mol. The third-order valence-corrected chi connectivity index (χ3v) is 5.31. The summed E-state index contributed by atoms with van der Waals surface area (Å²) in [7, 11) is 0. The van der Waals surface area contributed by atoms with E-state index in [9.17, 15) is 0 Å². The van der Waals surface area contributed by atoms with Gasteiger partial charge >= 0.3 is 0 Å². The molecule has 1 saturated carbocycles. The second kappa shape index (κ2) is 8.31. The van der Waals surface area contributed by atoms with Crippen LogP contribution in [-0.4, -0.2) is 19.3 Å². The zero-order valence-corrected chi connectivity index (χ0v) is 13.2. The third-order valence-electron chi connectivity index (χ3n) is 3.38. The SMILES string of the molecule is Brc1ccsc1CNCCCOC1CCCCC1. The number of hydrogen-bond donors (Lipinski definition) is 1. The normalized spacial score (nSPS) is 17.2. The highest BCUT2D eigenvalue weighted by Crippen LogP contribution is 2.22. The smallest absolute Gasteiger partial charge is 0.0575 e. The lowest BCUT2D eigenvalue weighted by Crippen LogP contribution is -2.20. The summed E-state index contributed by atoms with van der Waals surface area (Å²) in [5.41, 5.74) is 0. The van der Waals surface area contributed by atoms with Crippen LogP contribution in [0.25, 0.3) is 0 Å². The molecule has 1 aliphatic carbocycles. The molecule has 0 bridgehead atoms. The van der Waals surface area contributed by atoms with E-state index in [1.807, 2.05) is 0 Å². The van der Waals surface area contributed by atoms with Gasteiger partial charge in [-0.25, -0.2) is 0 Å². The summed E-state index contributed by atoms with van der Waals surface area (Å²) in [6.07, 6.45) is 8.32. The maximum atomic E-state index is 5.90. The molecule has 2 nitrogen and oxygen atoms in total. The van der Waals surface area contributed by atoms with Gasteiger partial charge in [-0.05, 0) is 53.2 Å². The molecule has 0 saturated heterocycles. The fourth-order valence-electron chi connectivity index (χ4n) is 2.33. The largest absolute Gasteiger partial charge is 0.378 e. The molecule has 1 heterocycles. The Morgan fingerprint density at radius 3 is 2.89 bits per heavy atom. The van der Waals surface area contributed by atoms with E-state index >= 15 is 0 Å². The first-order valence-corrected chi connectivity index (χ1v) is 8.58. The number of nitrogens with one attached hydrogen (secondary N) is 1. The van der Waals surface area contributed by atoms with Gasteiger partial charge in [-0.15, -0.1) is 11.3 Å². The molecule has 0 radical (unpaired) electrons. The summed E-state index contributed by atoms with van der Waals surface area (Å²) in [5.74, 6) is 0. The van der Waals surface area contributed by atoms with Gasteiger partial charge < -0.3 is 10.1 Å². The molecule has 18 heavy (non-hydrogen) atoms. The Balaban J connectivity index is 1.47. The van der Waals surface area contributed by atoms with Gasteiger partial charge in [0.1, 0.15) is 0 Å². The van der Waals surface area contributed by atoms with Crippen molar-refractivity contribution in [2.24, 2.45) is 0 Å².